The van der Waals surface area contributed by atoms with Crippen LogP contribution in [0.5, 0.6) is 0 Å². The van der Waals surface area contributed by atoms with E-state index in [4.69, 9.17) is 0 Å². The molecule has 1 aliphatic carbocycles. The molecule has 1 aliphatic rings. The van der Waals surface area contributed by atoms with Gasteiger partial charge in [0.05, 0.1) is 11.1 Å². The van der Waals surface area contributed by atoms with Crippen molar-refractivity contribution in [2.24, 2.45) is 0 Å². The topological polar surface area (TPSA) is 71.1 Å². The number of para-hydroxylation sites is 1. The van der Waals surface area contributed by atoms with Crippen LogP contribution in [0.15, 0.2) is 60.8 Å². The predicted octanol–water partition coefficient (Wildman–Crippen LogP) is 3.38. The number of aromatic nitrogens is 1. The van der Waals surface area contributed by atoms with Gasteiger partial charge in [0.25, 0.3) is 11.8 Å². The van der Waals surface area contributed by atoms with E-state index in [2.05, 4.69) is 15.6 Å². The summed E-state index contributed by atoms with van der Waals surface area (Å²) < 4.78 is 0. The van der Waals surface area contributed by atoms with Crippen LogP contribution in [0.2, 0.25) is 0 Å². The molecule has 25 heavy (non-hydrogen) atoms. The Balaban J connectivity index is 1.57. The number of nitrogens with zero attached hydrogens (tertiary/aromatic N) is 1. The van der Waals surface area contributed by atoms with Gasteiger partial charge >= 0.3 is 0 Å². The van der Waals surface area contributed by atoms with Gasteiger partial charge in [0.1, 0.15) is 0 Å². The second-order valence-corrected chi connectivity index (χ2v) is 6.16. The molecule has 5 nitrogen and oxygen atoms in total. The normalized spacial score (nSPS) is 13.4. The first-order chi connectivity index (χ1) is 12.2. The summed E-state index contributed by atoms with van der Waals surface area (Å²) in [5, 5.41) is 6.71. The summed E-state index contributed by atoms with van der Waals surface area (Å²) in [5.41, 5.74) is 2.29. The van der Waals surface area contributed by atoms with Gasteiger partial charge < -0.3 is 10.6 Å². The number of carbonyl (C=O) groups excluding carboxylic acids is 2. The van der Waals surface area contributed by atoms with Crippen LogP contribution in [-0.2, 0) is 0 Å². The molecule has 0 radical (unpaired) electrons. The van der Waals surface area contributed by atoms with Crippen LogP contribution in [0.1, 0.15) is 33.6 Å². The van der Waals surface area contributed by atoms with Crippen LogP contribution in [0.25, 0.3) is 10.9 Å². The number of anilines is 1. The van der Waals surface area contributed by atoms with Gasteiger partial charge in [-0.1, -0.05) is 24.3 Å². The number of benzene rings is 2. The molecular formula is C20H17N3O2. The number of pyridine rings is 1. The molecule has 2 aromatic carbocycles. The third-order valence-corrected chi connectivity index (χ3v) is 4.17. The van der Waals surface area contributed by atoms with Gasteiger partial charge in [-0.3, -0.25) is 14.6 Å². The zero-order chi connectivity index (χ0) is 17.2. The standard InChI is InChI=1S/C20H17N3O2/c24-19(22-15-9-10-15)14-5-1-7-16(12-14)23-20(25)17-8-2-4-13-6-3-11-21-18(13)17/h1-8,11-12,15H,9-10H2,(H,22,24)(H,23,25). The van der Waals surface area contributed by atoms with Crippen molar-refractivity contribution in [2.75, 3.05) is 5.32 Å². The highest BCUT2D eigenvalue weighted by Crippen LogP contribution is 2.21. The van der Waals surface area contributed by atoms with Gasteiger partial charge in [-0.25, -0.2) is 0 Å². The van der Waals surface area contributed by atoms with Gasteiger partial charge in [-0.15, -0.1) is 0 Å². The number of carbonyl (C=O) groups is 2. The third kappa shape index (κ3) is 3.35. The van der Waals surface area contributed by atoms with Crippen molar-refractivity contribution in [3.8, 4) is 0 Å². The Morgan fingerprint density at radius 2 is 1.76 bits per heavy atom. The average Bonchev–Trinajstić information content (AvgIpc) is 3.45. The summed E-state index contributed by atoms with van der Waals surface area (Å²) >= 11 is 0. The number of hydrogen-bond donors (Lipinski definition) is 2. The Labute approximate surface area is 145 Å². The monoisotopic (exact) mass is 331 g/mol. The lowest BCUT2D eigenvalue weighted by molar-refractivity contribution is 0.0949. The second kappa shape index (κ2) is 6.36. The minimum absolute atomic E-state index is 0.106. The highest BCUT2D eigenvalue weighted by Gasteiger charge is 2.23. The van der Waals surface area contributed by atoms with Crippen LogP contribution < -0.4 is 10.6 Å². The molecule has 1 saturated carbocycles. The van der Waals surface area contributed by atoms with Crippen LogP contribution in [0.3, 0.4) is 0 Å². The molecule has 1 fully saturated rings. The lowest BCUT2D eigenvalue weighted by Crippen LogP contribution is -2.25. The summed E-state index contributed by atoms with van der Waals surface area (Å²) in [7, 11) is 0. The van der Waals surface area contributed by atoms with Crippen LogP contribution in [-0.4, -0.2) is 22.8 Å². The molecule has 4 rings (SSSR count). The molecule has 2 amide bonds. The summed E-state index contributed by atoms with van der Waals surface area (Å²) in [4.78, 5) is 29.1. The Hall–Kier alpha value is -3.21. The van der Waals surface area contributed by atoms with E-state index in [1.807, 2.05) is 24.3 Å². The molecule has 3 aromatic rings. The van der Waals surface area contributed by atoms with Crippen molar-refractivity contribution in [2.45, 2.75) is 18.9 Å². The van der Waals surface area contributed by atoms with Gasteiger partial charge in [0.15, 0.2) is 0 Å². The third-order valence-electron chi connectivity index (χ3n) is 4.17. The Morgan fingerprint density at radius 3 is 2.60 bits per heavy atom. The van der Waals surface area contributed by atoms with E-state index in [9.17, 15) is 9.59 Å². The van der Waals surface area contributed by atoms with Gasteiger partial charge in [-0.05, 0) is 43.2 Å². The lowest BCUT2D eigenvalue weighted by Gasteiger charge is -2.09. The molecule has 0 atom stereocenters. The van der Waals surface area contributed by atoms with Crippen molar-refractivity contribution in [3.63, 3.8) is 0 Å². The van der Waals surface area contributed by atoms with E-state index >= 15 is 0 Å². The fourth-order valence-corrected chi connectivity index (χ4v) is 2.72. The van der Waals surface area contributed by atoms with E-state index < -0.39 is 0 Å². The Morgan fingerprint density at radius 1 is 0.960 bits per heavy atom. The second-order valence-electron chi connectivity index (χ2n) is 6.16. The molecule has 0 aliphatic heterocycles. The van der Waals surface area contributed by atoms with E-state index in [0.29, 0.717) is 28.4 Å². The first-order valence-corrected chi connectivity index (χ1v) is 8.27. The van der Waals surface area contributed by atoms with Crippen LogP contribution >= 0.6 is 0 Å². The summed E-state index contributed by atoms with van der Waals surface area (Å²) in [6, 6.07) is 16.5. The molecule has 0 unspecified atom stereocenters. The van der Waals surface area contributed by atoms with E-state index in [-0.39, 0.29) is 11.8 Å². The zero-order valence-corrected chi connectivity index (χ0v) is 13.5. The zero-order valence-electron chi connectivity index (χ0n) is 13.5. The molecule has 0 bridgehead atoms. The largest absolute Gasteiger partial charge is 0.349 e. The minimum atomic E-state index is -0.246. The van der Waals surface area contributed by atoms with Crippen molar-refractivity contribution >= 4 is 28.4 Å². The van der Waals surface area contributed by atoms with Crippen molar-refractivity contribution < 1.29 is 9.59 Å². The fourth-order valence-electron chi connectivity index (χ4n) is 2.72. The van der Waals surface area contributed by atoms with Gasteiger partial charge in [0.2, 0.25) is 0 Å². The summed E-state index contributed by atoms with van der Waals surface area (Å²) in [5.74, 6) is -0.352. The summed E-state index contributed by atoms with van der Waals surface area (Å²) in [6.45, 7) is 0. The van der Waals surface area contributed by atoms with Gasteiger partial charge in [-0.2, -0.15) is 0 Å². The van der Waals surface area contributed by atoms with Gasteiger partial charge in [0, 0.05) is 28.9 Å². The van der Waals surface area contributed by atoms with Crippen molar-refractivity contribution in [1.29, 1.82) is 0 Å². The number of hydrogen-bond acceptors (Lipinski definition) is 3. The molecule has 2 N–H and O–H groups in total. The molecule has 124 valence electrons. The molecule has 1 aromatic heterocycles. The number of nitrogens with one attached hydrogen (secondary N) is 2. The van der Waals surface area contributed by atoms with E-state index in [1.54, 1.807) is 36.5 Å². The van der Waals surface area contributed by atoms with E-state index in [1.165, 1.54) is 0 Å². The molecule has 0 spiro atoms. The number of fused-ring (bicyclic) bond motifs is 1. The Kier molecular flexibility index (Phi) is 3.90. The quantitative estimate of drug-likeness (QED) is 0.770. The number of rotatable bonds is 4. The fraction of sp³-hybridized carbons (Fsp3) is 0.150. The smallest absolute Gasteiger partial charge is 0.257 e. The molecule has 1 heterocycles. The Bertz CT molecular complexity index is 959. The predicted molar refractivity (Wildman–Crippen MR) is 96.6 cm³/mol. The highest BCUT2D eigenvalue weighted by molar-refractivity contribution is 6.12. The maximum atomic E-state index is 12.6. The average molecular weight is 331 g/mol. The van der Waals surface area contributed by atoms with Crippen molar-refractivity contribution in [1.82, 2.24) is 10.3 Å². The molecule has 0 saturated heterocycles. The first-order valence-electron chi connectivity index (χ1n) is 8.27. The molecule has 5 heteroatoms. The number of amides is 2. The maximum absolute atomic E-state index is 12.6. The molecular weight excluding hydrogens is 314 g/mol. The summed E-state index contributed by atoms with van der Waals surface area (Å²) in [6.07, 6.45) is 3.74. The van der Waals surface area contributed by atoms with Crippen LogP contribution in [0.4, 0.5) is 5.69 Å². The SMILES string of the molecule is O=C(NC1CC1)c1cccc(NC(=O)c2cccc3cccnc23)c1. The lowest BCUT2D eigenvalue weighted by atomic mass is 10.1. The highest BCUT2D eigenvalue weighted by atomic mass is 16.2. The maximum Gasteiger partial charge on any atom is 0.257 e. The first kappa shape index (κ1) is 15.3. The van der Waals surface area contributed by atoms with E-state index in [0.717, 1.165) is 18.2 Å². The van der Waals surface area contributed by atoms with Crippen LogP contribution in [0, 0.1) is 0 Å². The van der Waals surface area contributed by atoms with Crippen molar-refractivity contribution in [3.05, 3.63) is 71.9 Å². The minimum Gasteiger partial charge on any atom is -0.349 e.